The van der Waals surface area contributed by atoms with Crippen molar-refractivity contribution < 1.29 is 19.3 Å². The topological polar surface area (TPSA) is 47.9 Å². The molecule has 0 saturated carbocycles. The Morgan fingerprint density at radius 3 is 2.42 bits per heavy atom. The van der Waals surface area contributed by atoms with Crippen molar-refractivity contribution in [1.82, 2.24) is 0 Å². The van der Waals surface area contributed by atoms with Gasteiger partial charge in [0.05, 0.1) is 11.5 Å². The van der Waals surface area contributed by atoms with Gasteiger partial charge < -0.3 is 19.3 Å². The standard InChI is InChI=1S/C22H20O4/c1-2-24-17-12-13-22(15-8-5-9-16(23)21(15)17)25-18-10-3-6-14-7-4-11-19(26-22)20(14)18/h3-11,17,23H,2,12-13H2,1H3. The lowest BCUT2D eigenvalue weighted by Crippen LogP contribution is -2.45. The number of ether oxygens (including phenoxy) is 3. The van der Waals surface area contributed by atoms with Crippen LogP contribution in [0.15, 0.2) is 54.6 Å². The molecule has 3 aromatic rings. The summed E-state index contributed by atoms with van der Waals surface area (Å²) in [6.45, 7) is 2.56. The second-order valence-electron chi connectivity index (χ2n) is 6.79. The molecule has 1 aliphatic carbocycles. The molecule has 2 aliphatic rings. The first-order valence-corrected chi connectivity index (χ1v) is 9.05. The summed E-state index contributed by atoms with van der Waals surface area (Å²) in [6.07, 6.45) is 1.22. The molecule has 4 nitrogen and oxygen atoms in total. The van der Waals surface area contributed by atoms with Gasteiger partial charge in [-0.3, -0.25) is 0 Å². The Morgan fingerprint density at radius 2 is 1.73 bits per heavy atom. The van der Waals surface area contributed by atoms with Gasteiger partial charge in [-0.15, -0.1) is 0 Å². The minimum Gasteiger partial charge on any atom is -0.508 e. The van der Waals surface area contributed by atoms with Gasteiger partial charge in [-0.1, -0.05) is 36.4 Å². The summed E-state index contributed by atoms with van der Waals surface area (Å²) in [5, 5.41) is 12.6. The lowest BCUT2D eigenvalue weighted by atomic mass is 9.83. The molecule has 1 aliphatic heterocycles. The number of phenols is 1. The van der Waals surface area contributed by atoms with Gasteiger partial charge in [-0.05, 0) is 36.9 Å². The maximum absolute atomic E-state index is 10.5. The molecule has 0 fully saturated rings. The molecule has 1 heterocycles. The van der Waals surface area contributed by atoms with E-state index < -0.39 is 5.79 Å². The van der Waals surface area contributed by atoms with Gasteiger partial charge in [0.15, 0.2) is 0 Å². The number of phenolic OH excluding ortho intramolecular Hbond substituents is 1. The molecule has 26 heavy (non-hydrogen) atoms. The highest BCUT2D eigenvalue weighted by Crippen LogP contribution is 2.52. The smallest absolute Gasteiger partial charge is 0.278 e. The Labute approximate surface area is 151 Å². The van der Waals surface area contributed by atoms with Crippen LogP contribution in [0.4, 0.5) is 0 Å². The van der Waals surface area contributed by atoms with E-state index in [1.807, 2.05) is 43.3 Å². The molecule has 1 N–H and O–H groups in total. The molecule has 0 saturated heterocycles. The molecule has 0 bridgehead atoms. The van der Waals surface area contributed by atoms with Crippen LogP contribution in [-0.2, 0) is 10.5 Å². The van der Waals surface area contributed by atoms with Crippen molar-refractivity contribution in [3.63, 3.8) is 0 Å². The highest BCUT2D eigenvalue weighted by atomic mass is 16.7. The molecule has 1 atom stereocenters. The lowest BCUT2D eigenvalue weighted by Gasteiger charge is -2.44. The zero-order chi connectivity index (χ0) is 17.7. The number of rotatable bonds is 2. The summed E-state index contributed by atoms with van der Waals surface area (Å²) in [5.41, 5.74) is 1.61. The molecule has 1 spiro atoms. The van der Waals surface area contributed by atoms with Crippen LogP contribution in [0.1, 0.15) is 37.0 Å². The molecule has 1 unspecified atom stereocenters. The van der Waals surface area contributed by atoms with Crippen molar-refractivity contribution >= 4 is 10.8 Å². The summed E-state index contributed by atoms with van der Waals surface area (Å²) < 4.78 is 18.8. The van der Waals surface area contributed by atoms with E-state index in [1.54, 1.807) is 6.07 Å². The quantitative estimate of drug-likeness (QED) is 0.705. The Kier molecular flexibility index (Phi) is 3.37. The van der Waals surface area contributed by atoms with E-state index in [9.17, 15) is 5.11 Å². The third-order valence-electron chi connectivity index (χ3n) is 5.30. The van der Waals surface area contributed by atoms with Crippen molar-refractivity contribution in [2.45, 2.75) is 31.7 Å². The fourth-order valence-corrected chi connectivity index (χ4v) is 4.22. The number of benzene rings is 3. The summed E-state index contributed by atoms with van der Waals surface area (Å²) in [7, 11) is 0. The molecule has 5 rings (SSSR count). The number of fused-ring (bicyclic) bond motifs is 2. The number of hydrogen-bond acceptors (Lipinski definition) is 4. The van der Waals surface area contributed by atoms with E-state index in [0.29, 0.717) is 13.0 Å². The monoisotopic (exact) mass is 348 g/mol. The van der Waals surface area contributed by atoms with E-state index >= 15 is 0 Å². The minimum atomic E-state index is -0.940. The molecule has 0 radical (unpaired) electrons. The second kappa shape index (κ2) is 5.64. The highest BCUT2D eigenvalue weighted by Gasteiger charge is 2.48. The molecule has 132 valence electrons. The average molecular weight is 348 g/mol. The Balaban J connectivity index is 1.69. The molecular weight excluding hydrogens is 328 g/mol. The van der Waals surface area contributed by atoms with Gasteiger partial charge >= 0.3 is 0 Å². The largest absolute Gasteiger partial charge is 0.508 e. The normalized spacial score (nSPS) is 19.7. The van der Waals surface area contributed by atoms with E-state index in [2.05, 4.69) is 12.1 Å². The molecular formula is C22H20O4. The first-order chi connectivity index (χ1) is 12.7. The molecule has 0 aromatic heterocycles. The van der Waals surface area contributed by atoms with E-state index in [4.69, 9.17) is 14.2 Å². The number of hydrogen-bond donors (Lipinski definition) is 1. The predicted molar refractivity (Wildman–Crippen MR) is 98.6 cm³/mol. The Bertz CT molecular complexity index is 954. The van der Waals surface area contributed by atoms with Crippen LogP contribution in [0.3, 0.4) is 0 Å². The molecule has 0 amide bonds. The van der Waals surface area contributed by atoms with E-state index in [1.165, 1.54) is 0 Å². The summed E-state index contributed by atoms with van der Waals surface area (Å²) in [6, 6.07) is 17.6. The molecule has 4 heteroatoms. The zero-order valence-corrected chi connectivity index (χ0v) is 14.6. The van der Waals surface area contributed by atoms with Crippen molar-refractivity contribution in [3.05, 3.63) is 65.7 Å². The lowest BCUT2D eigenvalue weighted by molar-refractivity contribution is -0.150. The van der Waals surface area contributed by atoms with Gasteiger partial charge in [0.2, 0.25) is 0 Å². The third kappa shape index (κ3) is 2.12. The summed E-state index contributed by atoms with van der Waals surface area (Å²) in [4.78, 5) is 0. The van der Waals surface area contributed by atoms with Gasteiger partial charge in [0, 0.05) is 24.2 Å². The fourth-order valence-electron chi connectivity index (χ4n) is 4.22. The highest BCUT2D eigenvalue weighted by molar-refractivity contribution is 5.94. The van der Waals surface area contributed by atoms with Crippen molar-refractivity contribution in [3.8, 4) is 17.2 Å². The predicted octanol–water partition coefficient (Wildman–Crippen LogP) is 5.04. The maximum Gasteiger partial charge on any atom is 0.278 e. The summed E-state index contributed by atoms with van der Waals surface area (Å²) in [5.74, 6) is 0.913. The van der Waals surface area contributed by atoms with Crippen LogP contribution in [0.5, 0.6) is 17.2 Å². The maximum atomic E-state index is 10.5. The van der Waals surface area contributed by atoms with Crippen LogP contribution in [-0.4, -0.2) is 11.7 Å². The zero-order valence-electron chi connectivity index (χ0n) is 14.6. The first kappa shape index (κ1) is 15.5. The second-order valence-corrected chi connectivity index (χ2v) is 6.79. The minimum absolute atomic E-state index is 0.151. The Hall–Kier alpha value is -2.72. The first-order valence-electron chi connectivity index (χ1n) is 9.05. The average Bonchev–Trinajstić information content (AvgIpc) is 2.65. The fraction of sp³-hybridized carbons (Fsp3) is 0.273. The van der Waals surface area contributed by atoms with Gasteiger partial charge in [0.1, 0.15) is 17.2 Å². The van der Waals surface area contributed by atoms with Gasteiger partial charge in [0.25, 0.3) is 5.79 Å². The van der Waals surface area contributed by atoms with Gasteiger partial charge in [-0.25, -0.2) is 0 Å². The van der Waals surface area contributed by atoms with Crippen molar-refractivity contribution in [2.75, 3.05) is 6.61 Å². The van der Waals surface area contributed by atoms with E-state index in [0.717, 1.165) is 39.8 Å². The number of aromatic hydroxyl groups is 1. The van der Waals surface area contributed by atoms with Crippen molar-refractivity contribution in [1.29, 1.82) is 0 Å². The van der Waals surface area contributed by atoms with Crippen LogP contribution >= 0.6 is 0 Å². The van der Waals surface area contributed by atoms with Gasteiger partial charge in [-0.2, -0.15) is 0 Å². The van der Waals surface area contributed by atoms with Crippen LogP contribution in [0.2, 0.25) is 0 Å². The van der Waals surface area contributed by atoms with Crippen molar-refractivity contribution in [2.24, 2.45) is 0 Å². The molecule has 3 aromatic carbocycles. The van der Waals surface area contributed by atoms with Crippen LogP contribution in [0, 0.1) is 0 Å². The van der Waals surface area contributed by atoms with E-state index in [-0.39, 0.29) is 11.9 Å². The SMILES string of the molecule is CCOC1CCC2(Oc3cccc4cccc(c34)O2)c2cccc(O)c21. The Morgan fingerprint density at radius 1 is 1.04 bits per heavy atom. The third-order valence-corrected chi connectivity index (χ3v) is 5.30. The van der Waals surface area contributed by atoms with Crippen LogP contribution < -0.4 is 9.47 Å². The summed E-state index contributed by atoms with van der Waals surface area (Å²) >= 11 is 0. The van der Waals surface area contributed by atoms with Crippen LogP contribution in [0.25, 0.3) is 10.8 Å².